The number of allylic oxidation sites excluding steroid dienone is 4. The van der Waals surface area contributed by atoms with Gasteiger partial charge in [0.15, 0.2) is 0 Å². The number of hydrogen-bond acceptors (Lipinski definition) is 1. The Morgan fingerprint density at radius 2 is 1.94 bits per heavy atom. The molecule has 0 fully saturated rings. The van der Waals surface area contributed by atoms with Crippen molar-refractivity contribution in [2.45, 2.75) is 25.9 Å². The molecular weight excluding hydrogens is 208 g/mol. The van der Waals surface area contributed by atoms with Crippen LogP contribution < -0.4 is 0 Å². The highest BCUT2D eigenvalue weighted by atomic mass is 16.3. The van der Waals surface area contributed by atoms with Crippen LogP contribution in [0.4, 0.5) is 0 Å². The van der Waals surface area contributed by atoms with Crippen LogP contribution in [0.3, 0.4) is 0 Å². The number of benzene rings is 1. The van der Waals surface area contributed by atoms with Crippen molar-refractivity contribution in [1.29, 1.82) is 0 Å². The Morgan fingerprint density at radius 1 is 1.18 bits per heavy atom. The molecule has 0 aliphatic heterocycles. The van der Waals surface area contributed by atoms with Crippen molar-refractivity contribution in [2.75, 3.05) is 0 Å². The maximum Gasteiger partial charge on any atom is 0.0986 e. The van der Waals surface area contributed by atoms with E-state index in [1.54, 1.807) is 13.0 Å². The van der Waals surface area contributed by atoms with E-state index < -0.39 is 5.60 Å². The Hall–Kier alpha value is -1.60. The standard InChI is InChI=1S/C16H18O/c1-13-6-3-4-8-15(13)12-14-7-5-10-16(2,17)11-9-14/h3-11,17H,12H2,1-2H3. The van der Waals surface area contributed by atoms with Gasteiger partial charge in [0.1, 0.15) is 0 Å². The second kappa shape index (κ2) is 4.72. The van der Waals surface area contributed by atoms with Gasteiger partial charge in [-0.05, 0) is 49.1 Å². The lowest BCUT2D eigenvalue weighted by Gasteiger charge is -2.11. The summed E-state index contributed by atoms with van der Waals surface area (Å²) in [5.74, 6) is 0. The van der Waals surface area contributed by atoms with Gasteiger partial charge in [0, 0.05) is 0 Å². The highest BCUT2D eigenvalue weighted by molar-refractivity contribution is 5.38. The van der Waals surface area contributed by atoms with Crippen molar-refractivity contribution in [3.05, 3.63) is 71.3 Å². The molecule has 1 aromatic rings. The van der Waals surface area contributed by atoms with E-state index in [1.807, 2.05) is 18.2 Å². The van der Waals surface area contributed by atoms with E-state index in [0.29, 0.717) is 0 Å². The molecule has 2 rings (SSSR count). The maximum absolute atomic E-state index is 9.89. The second-order valence-electron chi connectivity index (χ2n) is 4.76. The molecule has 1 atom stereocenters. The number of aliphatic hydroxyl groups is 1. The zero-order chi connectivity index (χ0) is 12.3. The van der Waals surface area contributed by atoms with E-state index in [4.69, 9.17) is 0 Å². The Labute approximate surface area is 103 Å². The van der Waals surface area contributed by atoms with Crippen molar-refractivity contribution >= 4 is 0 Å². The lowest BCUT2D eigenvalue weighted by atomic mass is 10.00. The average Bonchev–Trinajstić information content (AvgIpc) is 2.44. The van der Waals surface area contributed by atoms with Crippen molar-refractivity contribution in [3.63, 3.8) is 0 Å². The molecule has 1 unspecified atom stereocenters. The normalized spacial score (nSPS) is 23.4. The summed E-state index contributed by atoms with van der Waals surface area (Å²) in [7, 11) is 0. The molecule has 1 nitrogen and oxygen atoms in total. The van der Waals surface area contributed by atoms with E-state index in [9.17, 15) is 5.11 Å². The first-order valence-electron chi connectivity index (χ1n) is 5.91. The number of aryl methyl sites for hydroxylation is 1. The molecular formula is C16H18O. The van der Waals surface area contributed by atoms with Gasteiger partial charge in [-0.3, -0.25) is 0 Å². The van der Waals surface area contributed by atoms with Crippen molar-refractivity contribution in [3.8, 4) is 0 Å². The number of rotatable bonds is 2. The van der Waals surface area contributed by atoms with Gasteiger partial charge in [0.2, 0.25) is 0 Å². The summed E-state index contributed by atoms with van der Waals surface area (Å²) in [6.45, 7) is 3.91. The molecule has 1 aromatic carbocycles. The van der Waals surface area contributed by atoms with Crippen molar-refractivity contribution < 1.29 is 5.11 Å². The van der Waals surface area contributed by atoms with Crippen LogP contribution in [-0.4, -0.2) is 10.7 Å². The molecule has 0 amide bonds. The van der Waals surface area contributed by atoms with Crippen LogP contribution in [0.1, 0.15) is 18.1 Å². The summed E-state index contributed by atoms with van der Waals surface area (Å²) in [4.78, 5) is 0. The SMILES string of the molecule is Cc1ccccc1CC1=CC=CC(C)(O)C=C1. The van der Waals surface area contributed by atoms with Crippen molar-refractivity contribution in [2.24, 2.45) is 0 Å². The highest BCUT2D eigenvalue weighted by Crippen LogP contribution is 2.18. The summed E-state index contributed by atoms with van der Waals surface area (Å²) in [6, 6.07) is 8.40. The topological polar surface area (TPSA) is 20.2 Å². The molecule has 1 heteroatoms. The highest BCUT2D eigenvalue weighted by Gasteiger charge is 2.12. The van der Waals surface area contributed by atoms with Gasteiger partial charge in [-0.15, -0.1) is 0 Å². The van der Waals surface area contributed by atoms with Gasteiger partial charge >= 0.3 is 0 Å². The van der Waals surface area contributed by atoms with E-state index >= 15 is 0 Å². The summed E-state index contributed by atoms with van der Waals surface area (Å²) in [5.41, 5.74) is 3.03. The van der Waals surface area contributed by atoms with Gasteiger partial charge in [-0.2, -0.15) is 0 Å². The molecule has 0 bridgehead atoms. The predicted octanol–water partition coefficient (Wildman–Crippen LogP) is 3.34. The van der Waals surface area contributed by atoms with Gasteiger partial charge in [0.05, 0.1) is 5.60 Å². The van der Waals surface area contributed by atoms with Crippen LogP contribution in [0.15, 0.2) is 60.2 Å². The minimum Gasteiger partial charge on any atom is -0.382 e. The smallest absolute Gasteiger partial charge is 0.0986 e. The molecule has 1 aliphatic carbocycles. The lowest BCUT2D eigenvalue weighted by molar-refractivity contribution is 0.164. The summed E-state index contributed by atoms with van der Waals surface area (Å²) in [5, 5.41) is 9.89. The Balaban J connectivity index is 2.19. The fraction of sp³-hybridized carbons (Fsp3) is 0.250. The Morgan fingerprint density at radius 3 is 2.71 bits per heavy atom. The monoisotopic (exact) mass is 226 g/mol. The van der Waals surface area contributed by atoms with Crippen LogP contribution in [0.5, 0.6) is 0 Å². The molecule has 88 valence electrons. The average molecular weight is 226 g/mol. The molecule has 0 radical (unpaired) electrons. The van der Waals surface area contributed by atoms with Gasteiger partial charge < -0.3 is 5.11 Å². The molecule has 1 N–H and O–H groups in total. The minimum atomic E-state index is -0.829. The van der Waals surface area contributed by atoms with E-state index in [1.165, 1.54) is 16.7 Å². The fourth-order valence-electron chi connectivity index (χ4n) is 1.90. The van der Waals surface area contributed by atoms with Gasteiger partial charge in [0.25, 0.3) is 0 Å². The van der Waals surface area contributed by atoms with Crippen LogP contribution in [0, 0.1) is 6.92 Å². The molecule has 1 aliphatic rings. The first-order valence-corrected chi connectivity index (χ1v) is 5.91. The van der Waals surface area contributed by atoms with E-state index in [-0.39, 0.29) is 0 Å². The molecule has 0 spiro atoms. The molecule has 17 heavy (non-hydrogen) atoms. The van der Waals surface area contributed by atoms with Crippen LogP contribution in [0.25, 0.3) is 0 Å². The summed E-state index contributed by atoms with van der Waals surface area (Å²) < 4.78 is 0. The third-order valence-electron chi connectivity index (χ3n) is 3.03. The predicted molar refractivity (Wildman–Crippen MR) is 71.9 cm³/mol. The maximum atomic E-state index is 9.89. The number of hydrogen-bond donors (Lipinski definition) is 1. The molecule has 0 heterocycles. The van der Waals surface area contributed by atoms with E-state index in [0.717, 1.165) is 6.42 Å². The summed E-state index contributed by atoms with van der Waals surface area (Å²) in [6.07, 6.45) is 10.5. The Bertz CT molecular complexity index is 490. The third kappa shape index (κ3) is 3.18. The van der Waals surface area contributed by atoms with Gasteiger partial charge in [-0.25, -0.2) is 0 Å². The van der Waals surface area contributed by atoms with Crippen LogP contribution >= 0.6 is 0 Å². The fourth-order valence-corrected chi connectivity index (χ4v) is 1.90. The first-order chi connectivity index (χ1) is 8.07. The summed E-state index contributed by atoms with van der Waals surface area (Å²) >= 11 is 0. The third-order valence-corrected chi connectivity index (χ3v) is 3.03. The van der Waals surface area contributed by atoms with Crippen LogP contribution in [-0.2, 0) is 6.42 Å². The molecule has 0 saturated heterocycles. The molecule has 0 aromatic heterocycles. The van der Waals surface area contributed by atoms with E-state index in [2.05, 4.69) is 37.3 Å². The largest absolute Gasteiger partial charge is 0.382 e. The Kier molecular flexibility index (Phi) is 3.30. The van der Waals surface area contributed by atoms with Crippen LogP contribution in [0.2, 0.25) is 0 Å². The first kappa shape index (κ1) is 11.9. The molecule has 0 saturated carbocycles. The minimum absolute atomic E-state index is 0.829. The quantitative estimate of drug-likeness (QED) is 0.820. The zero-order valence-electron chi connectivity index (χ0n) is 10.4. The second-order valence-corrected chi connectivity index (χ2v) is 4.76. The lowest BCUT2D eigenvalue weighted by Crippen LogP contribution is -2.15. The van der Waals surface area contributed by atoms with Crippen molar-refractivity contribution in [1.82, 2.24) is 0 Å². The zero-order valence-corrected chi connectivity index (χ0v) is 10.4. The van der Waals surface area contributed by atoms with Gasteiger partial charge in [-0.1, -0.05) is 42.5 Å².